The number of hydrogen-bond donors (Lipinski definition) is 3. The summed E-state index contributed by atoms with van der Waals surface area (Å²) in [6, 6.07) is -1.76. The molecule has 0 aromatic heterocycles. The summed E-state index contributed by atoms with van der Waals surface area (Å²) in [5.41, 5.74) is 0. The summed E-state index contributed by atoms with van der Waals surface area (Å²) in [5, 5.41) is 27.1. The zero-order chi connectivity index (χ0) is 43.7. The Bertz CT molecular complexity index is 1200. The van der Waals surface area contributed by atoms with Crippen molar-refractivity contribution in [3.8, 4) is 0 Å². The summed E-state index contributed by atoms with van der Waals surface area (Å²) in [6.45, 7) is 8.39. The molecule has 3 atom stereocenters. The summed E-state index contributed by atoms with van der Waals surface area (Å²) in [4.78, 5) is 72.4. The number of carboxylic acid groups (broad SMARTS) is 3. The Balaban J connectivity index is 0.000000444. The number of amides is 3. The highest BCUT2D eigenvalue weighted by atomic mass is 32.2. The summed E-state index contributed by atoms with van der Waals surface area (Å²) in [6.07, 6.45) is 24.6. The van der Waals surface area contributed by atoms with Gasteiger partial charge in [-0.15, -0.1) is 0 Å². The Hall–Kier alpha value is -2.13. The largest absolute Gasteiger partial charge is 0.480 e. The number of hydrogen-bond acceptors (Lipinski definition) is 9. The van der Waals surface area contributed by atoms with Gasteiger partial charge in [-0.2, -0.15) is 35.3 Å². The van der Waals surface area contributed by atoms with Crippen molar-refractivity contribution in [2.75, 3.05) is 54.2 Å². The van der Waals surface area contributed by atoms with Gasteiger partial charge in [0.15, 0.2) is 0 Å². The van der Waals surface area contributed by atoms with E-state index >= 15 is 0 Å². The van der Waals surface area contributed by atoms with Gasteiger partial charge in [-0.3, -0.25) is 14.4 Å². The number of unbranched alkanes of at least 4 members (excludes halogenated alkanes) is 14. The van der Waals surface area contributed by atoms with Crippen LogP contribution >= 0.6 is 35.3 Å². The number of rotatable bonds is 32. The van der Waals surface area contributed by atoms with E-state index in [0.717, 1.165) is 34.5 Å². The third-order valence-corrected chi connectivity index (χ3v) is 14.1. The summed E-state index contributed by atoms with van der Waals surface area (Å²) < 4.78 is 0. The van der Waals surface area contributed by atoms with Gasteiger partial charge in [0.2, 0.25) is 17.7 Å². The van der Waals surface area contributed by atoms with E-state index in [0.29, 0.717) is 58.2 Å². The smallest absolute Gasteiger partial charge is 0.326 e. The van der Waals surface area contributed by atoms with Crippen molar-refractivity contribution in [1.29, 1.82) is 0 Å². The van der Waals surface area contributed by atoms with Gasteiger partial charge in [0.25, 0.3) is 0 Å². The summed E-state index contributed by atoms with van der Waals surface area (Å²) in [7, 11) is 0. The molecule has 0 radical (unpaired) electrons. The van der Waals surface area contributed by atoms with E-state index in [2.05, 4.69) is 20.8 Å². The number of carbonyl (C=O) groups excluding carboxylic acids is 3. The Morgan fingerprint density at radius 1 is 0.424 bits per heavy atom. The summed E-state index contributed by atoms with van der Waals surface area (Å²) >= 11 is 5.49. The van der Waals surface area contributed by atoms with Crippen LogP contribution in [0.4, 0.5) is 0 Å². The monoisotopic (exact) mass is 889 g/mol. The molecule has 342 valence electrons. The van der Waals surface area contributed by atoms with Gasteiger partial charge in [-0.05, 0) is 55.8 Å². The van der Waals surface area contributed by atoms with Crippen molar-refractivity contribution < 1.29 is 44.1 Å². The van der Waals surface area contributed by atoms with Crippen molar-refractivity contribution in [1.82, 2.24) is 14.7 Å². The fourth-order valence-corrected chi connectivity index (χ4v) is 10.2. The minimum atomic E-state index is -0.867. The number of thioether (sulfide) groups is 3. The van der Waals surface area contributed by atoms with Crippen LogP contribution < -0.4 is 0 Å². The average molecular weight is 890 g/mol. The molecule has 59 heavy (non-hydrogen) atoms. The molecule has 12 nitrogen and oxygen atoms in total. The van der Waals surface area contributed by atoms with Crippen molar-refractivity contribution >= 4 is 70.9 Å². The standard InChI is InChI=1S/C16H29NO3S.C15H27NO3S.C13H23NO3S/c1-2-3-4-5-6-7-8-12-21-13-11-17-14(16(19)20)9-10-15(17)18;1-2-3-4-5-6-7-11-20-12-10-16-13(15(18)19)8-9-14(16)17;1-2-3-4-5-9-18-10-8-14-11(13(16)17)6-7-12(14)15/h14H,2-13H2,1H3,(H,19,20);13H,2-12H2,1H3,(H,18,19);11H,2-10H2,1H3,(H,16,17). The zero-order valence-electron chi connectivity index (χ0n) is 36.7. The van der Waals surface area contributed by atoms with Crippen LogP contribution in [0.15, 0.2) is 0 Å². The lowest BCUT2D eigenvalue weighted by atomic mass is 10.1. The van der Waals surface area contributed by atoms with Gasteiger partial charge >= 0.3 is 17.9 Å². The SMILES string of the molecule is CCCCCCCCCSCCN1C(=O)CCC1C(=O)O.CCCCCCCCSCCN1C(=O)CCC1C(=O)O.CCCCCCSCCN1C(=O)CCC1C(=O)O. The molecule has 3 saturated heterocycles. The molecular formula is C44H79N3O9S3. The fourth-order valence-electron chi connectivity index (χ4n) is 7.38. The lowest BCUT2D eigenvalue weighted by molar-refractivity contribution is -0.146. The van der Waals surface area contributed by atoms with Crippen LogP contribution in [0.25, 0.3) is 0 Å². The van der Waals surface area contributed by atoms with E-state index in [1.54, 1.807) is 4.90 Å². The first-order valence-corrected chi connectivity index (χ1v) is 26.3. The highest BCUT2D eigenvalue weighted by Crippen LogP contribution is 2.22. The van der Waals surface area contributed by atoms with Gasteiger partial charge in [0.05, 0.1) is 0 Å². The molecule has 3 aliphatic rings. The molecule has 0 aromatic carbocycles. The maximum Gasteiger partial charge on any atom is 0.326 e. The molecule has 0 aromatic rings. The Morgan fingerprint density at radius 2 is 0.661 bits per heavy atom. The molecule has 3 N–H and O–H groups in total. The van der Waals surface area contributed by atoms with E-state index in [9.17, 15) is 28.8 Å². The van der Waals surface area contributed by atoms with Gasteiger partial charge in [-0.1, -0.05) is 111 Å². The Kier molecular flexibility index (Phi) is 33.0. The average Bonchev–Trinajstić information content (AvgIpc) is 3.90. The van der Waals surface area contributed by atoms with E-state index in [-0.39, 0.29) is 17.7 Å². The Morgan fingerprint density at radius 3 is 0.915 bits per heavy atom. The van der Waals surface area contributed by atoms with Crippen LogP contribution in [0.1, 0.15) is 168 Å². The van der Waals surface area contributed by atoms with Crippen LogP contribution in [-0.4, -0.2) is 138 Å². The maximum absolute atomic E-state index is 11.6. The number of nitrogens with zero attached hydrogens (tertiary/aromatic N) is 3. The molecule has 0 saturated carbocycles. The van der Waals surface area contributed by atoms with Crippen molar-refractivity contribution in [3.05, 3.63) is 0 Å². The van der Waals surface area contributed by atoms with Gasteiger partial charge < -0.3 is 30.0 Å². The molecule has 0 spiro atoms. The number of carboxylic acids is 3. The third-order valence-electron chi connectivity index (χ3n) is 10.9. The first-order chi connectivity index (χ1) is 28.5. The lowest BCUT2D eigenvalue weighted by Crippen LogP contribution is -2.39. The van der Waals surface area contributed by atoms with Crippen LogP contribution in [-0.2, 0) is 28.8 Å². The van der Waals surface area contributed by atoms with Crippen LogP contribution in [0.5, 0.6) is 0 Å². The number of likely N-dealkylation sites (tertiary alicyclic amines) is 3. The second-order valence-electron chi connectivity index (χ2n) is 15.7. The van der Waals surface area contributed by atoms with E-state index in [1.165, 1.54) is 119 Å². The Labute approximate surface area is 368 Å². The quantitative estimate of drug-likeness (QED) is 0.0548. The number of aliphatic carboxylic acids is 3. The molecule has 15 heteroatoms. The molecule has 0 aliphatic carbocycles. The molecule has 3 fully saturated rings. The second kappa shape index (κ2) is 35.5. The van der Waals surface area contributed by atoms with Crippen LogP contribution in [0, 0.1) is 0 Å². The van der Waals surface area contributed by atoms with Gasteiger partial charge in [-0.25, -0.2) is 14.4 Å². The minimum absolute atomic E-state index is 0.000996. The first-order valence-electron chi connectivity index (χ1n) is 22.8. The predicted molar refractivity (Wildman–Crippen MR) is 245 cm³/mol. The topological polar surface area (TPSA) is 173 Å². The van der Waals surface area contributed by atoms with Crippen molar-refractivity contribution in [2.45, 2.75) is 187 Å². The molecule has 3 amide bonds. The maximum atomic E-state index is 11.6. The van der Waals surface area contributed by atoms with E-state index in [4.69, 9.17) is 15.3 Å². The molecule has 0 bridgehead atoms. The molecule has 3 aliphatic heterocycles. The molecule has 3 rings (SSSR count). The van der Waals surface area contributed by atoms with E-state index in [1.807, 2.05) is 35.3 Å². The third kappa shape index (κ3) is 24.8. The van der Waals surface area contributed by atoms with Crippen molar-refractivity contribution in [2.24, 2.45) is 0 Å². The van der Waals surface area contributed by atoms with Crippen LogP contribution in [0.2, 0.25) is 0 Å². The molecule has 3 heterocycles. The highest BCUT2D eigenvalue weighted by Gasteiger charge is 2.37. The van der Waals surface area contributed by atoms with Crippen LogP contribution in [0.3, 0.4) is 0 Å². The number of carbonyl (C=O) groups is 6. The summed E-state index contributed by atoms with van der Waals surface area (Å²) in [5.74, 6) is 3.30. The normalized spacial score (nSPS) is 18.9. The molecular weight excluding hydrogens is 811 g/mol. The first kappa shape index (κ1) is 54.9. The van der Waals surface area contributed by atoms with Gasteiger partial charge in [0, 0.05) is 56.2 Å². The second-order valence-corrected chi connectivity index (χ2v) is 19.4. The lowest BCUT2D eigenvalue weighted by Gasteiger charge is -2.21. The van der Waals surface area contributed by atoms with E-state index < -0.39 is 36.0 Å². The van der Waals surface area contributed by atoms with Crippen molar-refractivity contribution in [3.63, 3.8) is 0 Å². The molecule has 3 unspecified atom stereocenters. The zero-order valence-corrected chi connectivity index (χ0v) is 39.2. The van der Waals surface area contributed by atoms with Gasteiger partial charge in [0.1, 0.15) is 18.1 Å². The minimum Gasteiger partial charge on any atom is -0.480 e. The highest BCUT2D eigenvalue weighted by molar-refractivity contribution is 7.99. The predicted octanol–water partition coefficient (Wildman–Crippen LogP) is 9.08. The fraction of sp³-hybridized carbons (Fsp3) is 0.864.